The lowest BCUT2D eigenvalue weighted by Crippen LogP contribution is -2.09. The molecule has 0 unspecified atom stereocenters. The number of aliphatic carboxylic acids is 1. The molecule has 0 radical (unpaired) electrons. The Balaban J connectivity index is 2.38. The topological polar surface area (TPSA) is 59.4 Å². The third-order valence-electron chi connectivity index (χ3n) is 1.96. The number of ether oxygens (including phenoxy) is 1. The van der Waals surface area contributed by atoms with E-state index in [1.807, 2.05) is 12.1 Å². The van der Waals surface area contributed by atoms with Gasteiger partial charge in [-0.15, -0.1) is 0 Å². The summed E-state index contributed by atoms with van der Waals surface area (Å²) in [6.45, 7) is -0.339. The van der Waals surface area contributed by atoms with E-state index in [1.165, 1.54) is 0 Å². The molecule has 2 rings (SSSR count). The van der Waals surface area contributed by atoms with Crippen molar-refractivity contribution < 1.29 is 14.6 Å². The Bertz CT molecular complexity index is 491. The number of fused-ring (bicyclic) bond motifs is 1. The minimum Gasteiger partial charge on any atom is -0.481 e. The lowest BCUT2D eigenvalue weighted by Gasteiger charge is -2.05. The van der Waals surface area contributed by atoms with Crippen LogP contribution in [0.2, 0.25) is 0 Å². The average Bonchev–Trinajstić information content (AvgIpc) is 2.26. The smallest absolute Gasteiger partial charge is 0.341 e. The maximum absolute atomic E-state index is 10.4. The van der Waals surface area contributed by atoms with Crippen LogP contribution in [0.5, 0.6) is 5.75 Å². The summed E-state index contributed by atoms with van der Waals surface area (Å²) in [6, 6.07) is 9.00. The molecule has 2 aromatic rings. The van der Waals surface area contributed by atoms with E-state index in [0.29, 0.717) is 5.75 Å². The number of rotatable bonds is 3. The summed E-state index contributed by atoms with van der Waals surface area (Å²) >= 11 is 0. The van der Waals surface area contributed by atoms with Crippen LogP contribution < -0.4 is 4.74 Å². The molecule has 0 amide bonds. The molecule has 1 N–H and O–H groups in total. The number of hydrogen-bond donors (Lipinski definition) is 1. The van der Waals surface area contributed by atoms with Crippen molar-refractivity contribution in [3.05, 3.63) is 36.5 Å². The first kappa shape index (κ1) is 9.45. The second-order valence-corrected chi connectivity index (χ2v) is 3.01. The third kappa shape index (κ3) is 2.04. The lowest BCUT2D eigenvalue weighted by atomic mass is 10.2. The SMILES string of the molecule is O=C(O)COc1cccc2ncccc12. The molecule has 0 aliphatic rings. The summed E-state index contributed by atoms with van der Waals surface area (Å²) in [6.07, 6.45) is 1.68. The number of aromatic nitrogens is 1. The van der Waals surface area contributed by atoms with Gasteiger partial charge in [-0.2, -0.15) is 0 Å². The monoisotopic (exact) mass is 203 g/mol. The molecule has 0 atom stereocenters. The Morgan fingerprint density at radius 1 is 1.33 bits per heavy atom. The van der Waals surface area contributed by atoms with Gasteiger partial charge in [0.2, 0.25) is 0 Å². The highest BCUT2D eigenvalue weighted by molar-refractivity contribution is 5.85. The Morgan fingerprint density at radius 3 is 3.00 bits per heavy atom. The van der Waals surface area contributed by atoms with E-state index in [2.05, 4.69) is 4.98 Å². The van der Waals surface area contributed by atoms with Gasteiger partial charge < -0.3 is 9.84 Å². The highest BCUT2D eigenvalue weighted by Crippen LogP contribution is 2.23. The van der Waals surface area contributed by atoms with Gasteiger partial charge in [0.25, 0.3) is 0 Å². The molecule has 0 saturated carbocycles. The first-order valence-electron chi connectivity index (χ1n) is 4.46. The van der Waals surface area contributed by atoms with Gasteiger partial charge in [0.15, 0.2) is 6.61 Å². The summed E-state index contributed by atoms with van der Waals surface area (Å²) in [7, 11) is 0. The summed E-state index contributed by atoms with van der Waals surface area (Å²) in [5.41, 5.74) is 0.792. The van der Waals surface area contributed by atoms with E-state index in [1.54, 1.807) is 24.4 Å². The van der Waals surface area contributed by atoms with Gasteiger partial charge in [0.1, 0.15) is 5.75 Å². The predicted octanol–water partition coefficient (Wildman–Crippen LogP) is 1.70. The van der Waals surface area contributed by atoms with E-state index >= 15 is 0 Å². The van der Waals surface area contributed by atoms with E-state index in [4.69, 9.17) is 9.84 Å². The van der Waals surface area contributed by atoms with Crippen molar-refractivity contribution in [2.24, 2.45) is 0 Å². The predicted molar refractivity (Wildman–Crippen MR) is 54.9 cm³/mol. The quantitative estimate of drug-likeness (QED) is 0.824. The Morgan fingerprint density at radius 2 is 2.20 bits per heavy atom. The molecule has 1 aromatic carbocycles. The number of carboxylic acid groups (broad SMARTS) is 1. The van der Waals surface area contributed by atoms with Crippen molar-refractivity contribution in [1.29, 1.82) is 0 Å². The molecule has 0 spiro atoms. The molecule has 4 nitrogen and oxygen atoms in total. The number of hydrogen-bond acceptors (Lipinski definition) is 3. The van der Waals surface area contributed by atoms with Crippen LogP contribution >= 0.6 is 0 Å². The van der Waals surface area contributed by atoms with E-state index in [-0.39, 0.29) is 6.61 Å². The van der Waals surface area contributed by atoms with Crippen molar-refractivity contribution in [1.82, 2.24) is 4.98 Å². The van der Waals surface area contributed by atoms with Crippen LogP contribution in [0.3, 0.4) is 0 Å². The van der Waals surface area contributed by atoms with Crippen molar-refractivity contribution >= 4 is 16.9 Å². The molecule has 0 saturated heterocycles. The van der Waals surface area contributed by atoms with Crippen LogP contribution in [0.25, 0.3) is 10.9 Å². The summed E-state index contributed by atoms with van der Waals surface area (Å²) in [5, 5.41) is 9.33. The van der Waals surface area contributed by atoms with Gasteiger partial charge in [-0.1, -0.05) is 6.07 Å². The van der Waals surface area contributed by atoms with Crippen LogP contribution in [0.15, 0.2) is 36.5 Å². The Hall–Kier alpha value is -2.10. The van der Waals surface area contributed by atoms with Crippen LogP contribution in [-0.4, -0.2) is 22.7 Å². The summed E-state index contributed by atoms with van der Waals surface area (Å²) in [4.78, 5) is 14.5. The number of carbonyl (C=O) groups is 1. The maximum Gasteiger partial charge on any atom is 0.341 e. The minimum absolute atomic E-state index is 0.339. The lowest BCUT2D eigenvalue weighted by molar-refractivity contribution is -0.139. The molecule has 76 valence electrons. The first-order chi connectivity index (χ1) is 7.27. The van der Waals surface area contributed by atoms with E-state index in [0.717, 1.165) is 10.9 Å². The number of benzene rings is 1. The largest absolute Gasteiger partial charge is 0.481 e. The van der Waals surface area contributed by atoms with Crippen LogP contribution in [0.4, 0.5) is 0 Å². The molecule has 0 aliphatic heterocycles. The van der Waals surface area contributed by atoms with Gasteiger partial charge in [-0.05, 0) is 24.3 Å². The summed E-state index contributed by atoms with van der Waals surface area (Å²) < 4.78 is 5.14. The zero-order valence-electron chi connectivity index (χ0n) is 7.88. The van der Waals surface area contributed by atoms with Crippen LogP contribution in [0, 0.1) is 0 Å². The Kier molecular flexibility index (Phi) is 2.49. The first-order valence-corrected chi connectivity index (χ1v) is 4.46. The second-order valence-electron chi connectivity index (χ2n) is 3.01. The molecular weight excluding hydrogens is 194 g/mol. The van der Waals surface area contributed by atoms with Gasteiger partial charge >= 0.3 is 5.97 Å². The van der Waals surface area contributed by atoms with Gasteiger partial charge in [-0.3, -0.25) is 4.98 Å². The fourth-order valence-electron chi connectivity index (χ4n) is 1.34. The summed E-state index contributed by atoms with van der Waals surface area (Å²) in [5.74, 6) is -0.445. The van der Waals surface area contributed by atoms with Crippen molar-refractivity contribution in [2.45, 2.75) is 0 Å². The van der Waals surface area contributed by atoms with Crippen molar-refractivity contribution in [3.8, 4) is 5.75 Å². The molecule has 4 heteroatoms. The molecule has 1 heterocycles. The van der Waals surface area contributed by atoms with Crippen LogP contribution in [0.1, 0.15) is 0 Å². The second kappa shape index (κ2) is 3.96. The Labute approximate surface area is 86.1 Å². The third-order valence-corrected chi connectivity index (χ3v) is 1.96. The van der Waals surface area contributed by atoms with Gasteiger partial charge in [0.05, 0.1) is 5.52 Å². The highest BCUT2D eigenvalue weighted by atomic mass is 16.5. The molecule has 0 aliphatic carbocycles. The minimum atomic E-state index is -0.990. The zero-order valence-corrected chi connectivity index (χ0v) is 7.88. The zero-order chi connectivity index (χ0) is 10.7. The average molecular weight is 203 g/mol. The fraction of sp³-hybridized carbons (Fsp3) is 0.0909. The van der Waals surface area contributed by atoms with E-state index < -0.39 is 5.97 Å². The normalized spacial score (nSPS) is 10.1. The van der Waals surface area contributed by atoms with Crippen molar-refractivity contribution in [3.63, 3.8) is 0 Å². The van der Waals surface area contributed by atoms with Crippen molar-refractivity contribution in [2.75, 3.05) is 6.61 Å². The number of nitrogens with zero attached hydrogens (tertiary/aromatic N) is 1. The number of pyridine rings is 1. The molecule has 1 aromatic heterocycles. The van der Waals surface area contributed by atoms with Gasteiger partial charge in [-0.25, -0.2) is 4.79 Å². The molecule has 0 bridgehead atoms. The standard InChI is InChI=1S/C11H9NO3/c13-11(14)7-15-10-5-1-4-9-8(10)3-2-6-12-9/h1-6H,7H2,(H,13,14). The van der Waals surface area contributed by atoms with Gasteiger partial charge in [0, 0.05) is 11.6 Å². The molecule has 0 fully saturated rings. The molecule has 15 heavy (non-hydrogen) atoms. The fourth-order valence-corrected chi connectivity index (χ4v) is 1.34. The highest BCUT2D eigenvalue weighted by Gasteiger charge is 2.03. The maximum atomic E-state index is 10.4. The van der Waals surface area contributed by atoms with Crippen LogP contribution in [-0.2, 0) is 4.79 Å². The molecular formula is C11H9NO3. The number of carboxylic acids is 1. The van der Waals surface area contributed by atoms with E-state index in [9.17, 15) is 4.79 Å².